The third-order valence-corrected chi connectivity index (χ3v) is 6.49. The molecule has 0 aromatic heterocycles. The van der Waals surface area contributed by atoms with Gasteiger partial charge in [-0.3, -0.25) is 0 Å². The zero-order valence-electron chi connectivity index (χ0n) is 21.7. The van der Waals surface area contributed by atoms with Crippen LogP contribution in [0.15, 0.2) is 0 Å². The van der Waals surface area contributed by atoms with Crippen molar-refractivity contribution in [2.24, 2.45) is 11.8 Å². The highest BCUT2D eigenvalue weighted by molar-refractivity contribution is 7.41. The predicted octanol–water partition coefficient (Wildman–Crippen LogP) is 9.07. The van der Waals surface area contributed by atoms with Gasteiger partial charge in [0.1, 0.15) is 0 Å². The number of rotatable bonds is 25. The van der Waals surface area contributed by atoms with Crippen LogP contribution in [0.2, 0.25) is 0 Å². The lowest BCUT2D eigenvalue weighted by atomic mass is 10.0. The summed E-state index contributed by atoms with van der Waals surface area (Å²) in [5.74, 6) is 1.65. The number of hydrogen-bond acceptors (Lipinski definition) is 4. The smallest absolute Gasteiger partial charge is 0.332 e. The minimum atomic E-state index is -1.24. The first-order valence-electron chi connectivity index (χ1n) is 13.3. The largest absolute Gasteiger partial charge is 0.379 e. The van der Waals surface area contributed by atoms with E-state index in [-0.39, 0.29) is 0 Å². The molecule has 0 aromatic rings. The topological polar surface area (TPSA) is 36.9 Å². The second kappa shape index (κ2) is 24.9. The molecule has 0 rings (SSSR count). The van der Waals surface area contributed by atoms with Gasteiger partial charge in [0.05, 0.1) is 26.4 Å². The summed E-state index contributed by atoms with van der Waals surface area (Å²) >= 11 is 0. The van der Waals surface area contributed by atoms with E-state index in [4.69, 9.17) is 18.3 Å². The van der Waals surface area contributed by atoms with Crippen LogP contribution in [0.5, 0.6) is 0 Å². The van der Waals surface area contributed by atoms with E-state index in [0.29, 0.717) is 13.2 Å². The van der Waals surface area contributed by atoms with Crippen molar-refractivity contribution in [2.45, 2.75) is 125 Å². The Morgan fingerprint density at radius 3 is 1.42 bits per heavy atom. The van der Waals surface area contributed by atoms with E-state index < -0.39 is 8.60 Å². The molecule has 31 heavy (non-hydrogen) atoms. The molecule has 0 radical (unpaired) electrons. The van der Waals surface area contributed by atoms with Gasteiger partial charge in [0, 0.05) is 6.61 Å². The first-order chi connectivity index (χ1) is 15.1. The van der Waals surface area contributed by atoms with Crippen molar-refractivity contribution >= 4 is 8.60 Å². The van der Waals surface area contributed by atoms with Gasteiger partial charge in [0.2, 0.25) is 0 Å². The van der Waals surface area contributed by atoms with E-state index in [0.717, 1.165) is 57.3 Å². The van der Waals surface area contributed by atoms with Crippen molar-refractivity contribution in [2.75, 3.05) is 33.0 Å². The molecule has 0 aliphatic heterocycles. The maximum Gasteiger partial charge on any atom is 0.332 e. The van der Waals surface area contributed by atoms with Crippen molar-refractivity contribution in [1.82, 2.24) is 0 Å². The summed E-state index contributed by atoms with van der Waals surface area (Å²) in [5, 5.41) is 0. The van der Waals surface area contributed by atoms with E-state index in [1.807, 2.05) is 0 Å². The lowest BCUT2D eigenvalue weighted by molar-refractivity contribution is 0.0807. The Morgan fingerprint density at radius 2 is 0.935 bits per heavy atom. The van der Waals surface area contributed by atoms with Crippen molar-refractivity contribution in [3.05, 3.63) is 0 Å². The quantitative estimate of drug-likeness (QED) is 0.100. The van der Waals surface area contributed by atoms with Crippen molar-refractivity contribution in [3.63, 3.8) is 0 Å². The van der Waals surface area contributed by atoms with Crippen LogP contribution < -0.4 is 0 Å². The molecule has 188 valence electrons. The third-order valence-electron chi connectivity index (χ3n) is 5.31. The second-order valence-electron chi connectivity index (χ2n) is 9.59. The summed E-state index contributed by atoms with van der Waals surface area (Å²) in [5.41, 5.74) is 0. The summed E-state index contributed by atoms with van der Waals surface area (Å²) in [6.07, 6.45) is 17.6. The lowest BCUT2D eigenvalue weighted by Crippen LogP contribution is -2.06. The molecule has 0 N–H and O–H groups in total. The predicted molar refractivity (Wildman–Crippen MR) is 136 cm³/mol. The summed E-state index contributed by atoms with van der Waals surface area (Å²) in [4.78, 5) is 0. The second-order valence-corrected chi connectivity index (χ2v) is 10.8. The molecule has 0 amide bonds. The molecule has 4 nitrogen and oxygen atoms in total. The summed E-state index contributed by atoms with van der Waals surface area (Å²) in [6.45, 7) is 14.9. The molecule has 0 saturated carbocycles. The Bertz CT molecular complexity index is 315. The Hall–Kier alpha value is 0.270. The maximum absolute atomic E-state index is 5.95. The van der Waals surface area contributed by atoms with Crippen molar-refractivity contribution in [1.29, 1.82) is 0 Å². The van der Waals surface area contributed by atoms with E-state index in [9.17, 15) is 0 Å². The number of ether oxygens (including phenoxy) is 1. The molecule has 0 aromatic carbocycles. The van der Waals surface area contributed by atoms with Crippen molar-refractivity contribution in [3.8, 4) is 0 Å². The fraction of sp³-hybridized carbons (Fsp3) is 1.00. The van der Waals surface area contributed by atoms with Gasteiger partial charge in [-0.15, -0.1) is 0 Å². The maximum atomic E-state index is 5.95. The van der Waals surface area contributed by atoms with Gasteiger partial charge in [-0.2, -0.15) is 0 Å². The van der Waals surface area contributed by atoms with Gasteiger partial charge in [0.25, 0.3) is 0 Å². The fourth-order valence-electron chi connectivity index (χ4n) is 3.28. The Balaban J connectivity index is 3.84. The SMILES string of the molecule is CCCCOCCOP(OCCCCCCCC(C)C)OCCCCCCCC(C)C. The van der Waals surface area contributed by atoms with Crippen LogP contribution in [0.4, 0.5) is 0 Å². The van der Waals surface area contributed by atoms with Crippen LogP contribution in [0.3, 0.4) is 0 Å². The van der Waals surface area contributed by atoms with Gasteiger partial charge in [-0.25, -0.2) is 0 Å². The molecular weight excluding hydrogens is 407 g/mol. The number of unbranched alkanes of at least 4 members (excludes halogenated alkanes) is 9. The molecule has 0 saturated heterocycles. The Kier molecular flexibility index (Phi) is 25.1. The van der Waals surface area contributed by atoms with E-state index in [1.165, 1.54) is 64.2 Å². The van der Waals surface area contributed by atoms with Gasteiger partial charge in [-0.1, -0.05) is 105 Å². The van der Waals surface area contributed by atoms with Crippen LogP contribution in [0.25, 0.3) is 0 Å². The standard InChI is InChI=1S/C26H55O4P/c1-6-7-20-27-23-24-30-31(28-21-16-12-8-10-14-18-25(2)3)29-22-17-13-9-11-15-19-26(4)5/h25-26H,6-24H2,1-5H3. The highest BCUT2D eigenvalue weighted by Gasteiger charge is 2.12. The number of hydrogen-bond donors (Lipinski definition) is 0. The summed E-state index contributed by atoms with van der Waals surface area (Å²) in [7, 11) is -1.24. The first kappa shape index (κ1) is 31.3. The van der Waals surface area contributed by atoms with Crippen LogP contribution in [0.1, 0.15) is 125 Å². The van der Waals surface area contributed by atoms with E-state index in [2.05, 4.69) is 34.6 Å². The van der Waals surface area contributed by atoms with E-state index in [1.54, 1.807) is 0 Å². The van der Waals surface area contributed by atoms with Crippen LogP contribution in [0, 0.1) is 11.8 Å². The third kappa shape index (κ3) is 26.4. The molecule has 0 atom stereocenters. The molecular formula is C26H55O4P. The molecule has 0 bridgehead atoms. The van der Waals surface area contributed by atoms with Crippen molar-refractivity contribution < 1.29 is 18.3 Å². The highest BCUT2D eigenvalue weighted by atomic mass is 31.2. The molecule has 0 spiro atoms. The molecule has 0 aliphatic carbocycles. The molecule has 0 fully saturated rings. The Morgan fingerprint density at radius 1 is 0.484 bits per heavy atom. The molecule has 0 unspecified atom stereocenters. The monoisotopic (exact) mass is 462 g/mol. The minimum Gasteiger partial charge on any atom is -0.379 e. The van der Waals surface area contributed by atoms with Gasteiger partial charge >= 0.3 is 8.60 Å². The van der Waals surface area contributed by atoms with Gasteiger partial charge < -0.3 is 18.3 Å². The normalized spacial score (nSPS) is 12.0. The molecule has 0 aliphatic rings. The Labute approximate surface area is 196 Å². The minimum absolute atomic E-state index is 0.555. The first-order valence-corrected chi connectivity index (χ1v) is 14.4. The zero-order valence-corrected chi connectivity index (χ0v) is 22.6. The van der Waals surface area contributed by atoms with Crippen LogP contribution >= 0.6 is 8.60 Å². The molecule has 0 heterocycles. The average Bonchev–Trinajstić information content (AvgIpc) is 2.73. The zero-order chi connectivity index (χ0) is 23.0. The summed E-state index contributed by atoms with van der Waals surface area (Å²) < 4.78 is 23.4. The van der Waals surface area contributed by atoms with Gasteiger partial charge in [0.15, 0.2) is 0 Å². The lowest BCUT2D eigenvalue weighted by Gasteiger charge is -2.17. The van der Waals surface area contributed by atoms with Gasteiger partial charge in [-0.05, 0) is 31.1 Å². The average molecular weight is 463 g/mol. The molecule has 5 heteroatoms. The highest BCUT2D eigenvalue weighted by Crippen LogP contribution is 2.40. The van der Waals surface area contributed by atoms with Crippen LogP contribution in [-0.4, -0.2) is 33.0 Å². The fourth-order valence-corrected chi connectivity index (χ4v) is 4.28. The van der Waals surface area contributed by atoms with E-state index >= 15 is 0 Å². The van der Waals surface area contributed by atoms with Crippen LogP contribution in [-0.2, 0) is 18.3 Å². The summed E-state index contributed by atoms with van der Waals surface area (Å²) in [6, 6.07) is 0.